The zero-order valence-corrected chi connectivity index (χ0v) is 16.0. The highest BCUT2D eigenvalue weighted by Crippen LogP contribution is 2.30. The van der Waals surface area contributed by atoms with Crippen LogP contribution in [0, 0.1) is 0 Å². The van der Waals surface area contributed by atoms with Crippen LogP contribution in [0.15, 0.2) is 54.9 Å². The zero-order valence-electron chi connectivity index (χ0n) is 16.0. The van der Waals surface area contributed by atoms with Gasteiger partial charge >= 0.3 is 0 Å². The first-order chi connectivity index (χ1) is 13.7. The highest BCUT2D eigenvalue weighted by Gasteiger charge is 2.32. The third-order valence-electron chi connectivity index (χ3n) is 4.92. The minimum Gasteiger partial charge on any atom is -0.493 e. The van der Waals surface area contributed by atoms with Crippen LogP contribution in [0.1, 0.15) is 24.1 Å². The first-order valence-corrected chi connectivity index (χ1v) is 9.31. The fourth-order valence-corrected chi connectivity index (χ4v) is 3.27. The van der Waals surface area contributed by atoms with Gasteiger partial charge in [-0.3, -0.25) is 4.79 Å². The maximum absolute atomic E-state index is 12.9. The summed E-state index contributed by atoms with van der Waals surface area (Å²) in [4.78, 5) is 19.2. The lowest BCUT2D eigenvalue weighted by Crippen LogP contribution is -2.31. The van der Waals surface area contributed by atoms with Crippen LogP contribution in [0.3, 0.4) is 0 Å². The molecule has 1 saturated carbocycles. The van der Waals surface area contributed by atoms with Crippen molar-refractivity contribution in [2.75, 3.05) is 14.2 Å². The van der Waals surface area contributed by atoms with E-state index in [0.29, 0.717) is 24.1 Å². The van der Waals surface area contributed by atoms with E-state index in [-0.39, 0.29) is 5.91 Å². The molecule has 1 aromatic carbocycles. The molecule has 1 fully saturated rings. The Morgan fingerprint density at radius 1 is 1.21 bits per heavy atom. The lowest BCUT2D eigenvalue weighted by molar-refractivity contribution is -0.127. The molecular weight excluding hydrogens is 354 g/mol. The molecule has 1 aliphatic rings. The second-order valence-corrected chi connectivity index (χ2v) is 6.82. The fraction of sp³-hybridized carbons (Fsp3) is 0.273. The summed E-state index contributed by atoms with van der Waals surface area (Å²) in [5.41, 5.74) is 2.79. The van der Waals surface area contributed by atoms with Crippen molar-refractivity contribution in [2.24, 2.45) is 0 Å². The number of imidazole rings is 1. The largest absolute Gasteiger partial charge is 0.493 e. The smallest absolute Gasteiger partial charge is 0.247 e. The number of hydrogen-bond acceptors (Lipinski definition) is 4. The Labute approximate surface area is 164 Å². The highest BCUT2D eigenvalue weighted by molar-refractivity contribution is 5.92. The minimum absolute atomic E-state index is 0.00293. The van der Waals surface area contributed by atoms with Crippen LogP contribution in [0.5, 0.6) is 11.5 Å². The van der Waals surface area contributed by atoms with Crippen molar-refractivity contribution in [3.8, 4) is 11.5 Å². The van der Waals surface area contributed by atoms with Crippen molar-refractivity contribution in [3.63, 3.8) is 0 Å². The first-order valence-electron chi connectivity index (χ1n) is 9.31. The molecule has 1 aliphatic carbocycles. The average Bonchev–Trinajstić information content (AvgIpc) is 3.50. The number of ether oxygens (including phenoxy) is 2. The summed E-state index contributed by atoms with van der Waals surface area (Å²) < 4.78 is 12.6. The summed E-state index contributed by atoms with van der Waals surface area (Å²) in [6.45, 7) is 0.547. The van der Waals surface area contributed by atoms with Crippen LogP contribution in [-0.2, 0) is 11.3 Å². The molecule has 3 aromatic rings. The predicted molar refractivity (Wildman–Crippen MR) is 107 cm³/mol. The average molecular weight is 377 g/mol. The van der Waals surface area contributed by atoms with Crippen molar-refractivity contribution in [1.29, 1.82) is 0 Å². The number of fused-ring (bicyclic) bond motifs is 1. The van der Waals surface area contributed by atoms with Crippen LogP contribution >= 0.6 is 0 Å². The molecule has 0 atom stereocenters. The zero-order chi connectivity index (χ0) is 19.5. The van der Waals surface area contributed by atoms with Gasteiger partial charge in [-0.1, -0.05) is 12.1 Å². The van der Waals surface area contributed by atoms with E-state index in [1.54, 1.807) is 20.3 Å². The van der Waals surface area contributed by atoms with Crippen molar-refractivity contribution in [2.45, 2.75) is 25.4 Å². The molecule has 144 valence electrons. The molecule has 4 rings (SSSR count). The van der Waals surface area contributed by atoms with Gasteiger partial charge < -0.3 is 18.8 Å². The molecule has 6 nitrogen and oxygen atoms in total. The first kappa shape index (κ1) is 18.1. The summed E-state index contributed by atoms with van der Waals surface area (Å²) in [6, 6.07) is 11.8. The van der Waals surface area contributed by atoms with Crippen LogP contribution in [0.4, 0.5) is 0 Å². The van der Waals surface area contributed by atoms with Gasteiger partial charge in [0.2, 0.25) is 5.91 Å². The normalized spacial score (nSPS) is 13.8. The van der Waals surface area contributed by atoms with Gasteiger partial charge in [0.15, 0.2) is 11.5 Å². The Morgan fingerprint density at radius 3 is 2.79 bits per heavy atom. The van der Waals surface area contributed by atoms with Crippen LogP contribution < -0.4 is 9.47 Å². The molecule has 0 radical (unpaired) electrons. The van der Waals surface area contributed by atoms with Crippen molar-refractivity contribution >= 4 is 17.6 Å². The molecule has 0 bridgehead atoms. The molecule has 28 heavy (non-hydrogen) atoms. The number of aromatic nitrogens is 2. The number of hydrogen-bond donors (Lipinski definition) is 0. The minimum atomic E-state index is 0.00293. The third kappa shape index (κ3) is 3.71. The van der Waals surface area contributed by atoms with Crippen molar-refractivity contribution in [1.82, 2.24) is 14.3 Å². The van der Waals surface area contributed by atoms with Crippen LogP contribution in [0.2, 0.25) is 0 Å². The second-order valence-electron chi connectivity index (χ2n) is 6.82. The van der Waals surface area contributed by atoms with Gasteiger partial charge in [-0.25, -0.2) is 4.98 Å². The van der Waals surface area contributed by atoms with Gasteiger partial charge in [0, 0.05) is 18.3 Å². The Hall–Kier alpha value is -3.28. The van der Waals surface area contributed by atoms with Gasteiger partial charge in [0.05, 0.1) is 32.7 Å². The molecule has 2 heterocycles. The Bertz CT molecular complexity index is 1020. The molecule has 0 saturated heterocycles. The van der Waals surface area contributed by atoms with Crippen molar-refractivity contribution < 1.29 is 14.3 Å². The molecule has 1 amide bonds. The highest BCUT2D eigenvalue weighted by atomic mass is 16.5. The van der Waals surface area contributed by atoms with Crippen LogP contribution in [-0.4, -0.2) is 40.5 Å². The number of amides is 1. The Balaban J connectivity index is 1.52. The number of methoxy groups -OCH3 is 2. The van der Waals surface area contributed by atoms with E-state index >= 15 is 0 Å². The molecule has 0 N–H and O–H groups in total. The molecule has 6 heteroatoms. The second kappa shape index (κ2) is 7.76. The Kier molecular flexibility index (Phi) is 5.02. The molecule has 2 aromatic heterocycles. The van der Waals surface area contributed by atoms with Gasteiger partial charge in [-0.05, 0) is 48.7 Å². The number of pyridine rings is 1. The third-order valence-corrected chi connectivity index (χ3v) is 4.92. The summed E-state index contributed by atoms with van der Waals surface area (Å²) in [7, 11) is 3.20. The van der Waals surface area contributed by atoms with E-state index in [1.807, 2.05) is 64.2 Å². The van der Waals surface area contributed by atoms with E-state index < -0.39 is 0 Å². The van der Waals surface area contributed by atoms with E-state index in [0.717, 1.165) is 29.7 Å². The van der Waals surface area contributed by atoms with Gasteiger partial charge in [-0.15, -0.1) is 0 Å². The van der Waals surface area contributed by atoms with E-state index in [9.17, 15) is 4.79 Å². The van der Waals surface area contributed by atoms with Gasteiger partial charge in [0.1, 0.15) is 5.65 Å². The number of carbonyl (C=O) groups is 1. The predicted octanol–water partition coefficient (Wildman–Crippen LogP) is 3.56. The standard InChI is InChI=1S/C22H23N3O3/c1-27-19-10-6-16(13-20(19)28-2)7-11-22(26)25(17-8-9-17)15-18-14-23-21-5-3-4-12-24(18)21/h3-7,10-14,17H,8-9,15H2,1-2H3/b11-7+. The van der Waals surface area contributed by atoms with Gasteiger partial charge in [0.25, 0.3) is 0 Å². The summed E-state index contributed by atoms with van der Waals surface area (Å²) in [5, 5.41) is 0. The van der Waals surface area contributed by atoms with Crippen LogP contribution in [0.25, 0.3) is 11.7 Å². The quantitative estimate of drug-likeness (QED) is 0.591. The SMILES string of the molecule is COc1ccc(/C=C/C(=O)N(Cc2cnc3ccccn23)C2CC2)cc1OC. The Morgan fingerprint density at radius 2 is 2.04 bits per heavy atom. The summed E-state index contributed by atoms with van der Waals surface area (Å²) in [5.74, 6) is 1.31. The maximum Gasteiger partial charge on any atom is 0.247 e. The summed E-state index contributed by atoms with van der Waals surface area (Å²) in [6.07, 6.45) is 9.36. The fourth-order valence-electron chi connectivity index (χ4n) is 3.27. The number of carbonyl (C=O) groups excluding carboxylic acids is 1. The number of benzene rings is 1. The van der Waals surface area contributed by atoms with Gasteiger partial charge in [-0.2, -0.15) is 0 Å². The number of nitrogens with zero attached hydrogens (tertiary/aromatic N) is 3. The van der Waals surface area contributed by atoms with E-state index in [2.05, 4.69) is 4.98 Å². The lowest BCUT2D eigenvalue weighted by atomic mass is 10.2. The summed E-state index contributed by atoms with van der Waals surface area (Å²) >= 11 is 0. The topological polar surface area (TPSA) is 56.1 Å². The maximum atomic E-state index is 12.9. The van der Waals surface area contributed by atoms with E-state index in [4.69, 9.17) is 9.47 Å². The molecule has 0 unspecified atom stereocenters. The molecule has 0 spiro atoms. The lowest BCUT2D eigenvalue weighted by Gasteiger charge is -2.20. The monoisotopic (exact) mass is 377 g/mol. The van der Waals surface area contributed by atoms with Crippen molar-refractivity contribution in [3.05, 3.63) is 66.1 Å². The molecular formula is C22H23N3O3. The number of rotatable bonds is 7. The van der Waals surface area contributed by atoms with E-state index in [1.165, 1.54) is 0 Å². The molecule has 0 aliphatic heterocycles.